The molecule has 32 heavy (non-hydrogen) atoms. The summed E-state index contributed by atoms with van der Waals surface area (Å²) < 4.78 is 5.51. The quantitative estimate of drug-likeness (QED) is 0.644. The first-order valence-electron chi connectivity index (χ1n) is 11.9. The zero-order chi connectivity index (χ0) is 22.1. The van der Waals surface area contributed by atoms with E-state index in [0.717, 1.165) is 30.7 Å². The van der Waals surface area contributed by atoms with E-state index in [2.05, 4.69) is 10.6 Å². The van der Waals surface area contributed by atoms with Gasteiger partial charge in [0.25, 0.3) is 5.91 Å². The highest BCUT2D eigenvalue weighted by atomic mass is 16.5. The van der Waals surface area contributed by atoms with Gasteiger partial charge in [-0.05, 0) is 99.6 Å². The van der Waals surface area contributed by atoms with Crippen LogP contribution in [-0.2, 0) is 4.79 Å². The van der Waals surface area contributed by atoms with Crippen molar-refractivity contribution in [1.82, 2.24) is 5.32 Å². The van der Waals surface area contributed by atoms with Crippen LogP contribution >= 0.6 is 0 Å². The SMILES string of the molecule is CCOc1ccc(NC(=O)[C@H](NC(=O)c2ccccc2)C23CC4CC(CC(C4)C2)C3)cc1. The summed E-state index contributed by atoms with van der Waals surface area (Å²) in [5.74, 6) is 2.57. The molecule has 0 aliphatic heterocycles. The highest BCUT2D eigenvalue weighted by molar-refractivity contribution is 6.01. The van der Waals surface area contributed by atoms with Crippen molar-refractivity contribution in [3.8, 4) is 5.75 Å². The lowest BCUT2D eigenvalue weighted by Gasteiger charge is -2.58. The van der Waals surface area contributed by atoms with E-state index < -0.39 is 6.04 Å². The highest BCUT2D eigenvalue weighted by Gasteiger charge is 2.56. The van der Waals surface area contributed by atoms with Crippen LogP contribution in [-0.4, -0.2) is 24.5 Å². The molecule has 2 amide bonds. The van der Waals surface area contributed by atoms with E-state index in [1.807, 2.05) is 49.4 Å². The molecular weight excluding hydrogens is 400 g/mol. The van der Waals surface area contributed by atoms with Gasteiger partial charge in [-0.2, -0.15) is 0 Å². The number of carbonyl (C=O) groups excluding carboxylic acids is 2. The Bertz CT molecular complexity index is 935. The second-order valence-electron chi connectivity index (χ2n) is 10.00. The topological polar surface area (TPSA) is 67.4 Å². The van der Waals surface area contributed by atoms with Crippen molar-refractivity contribution in [2.75, 3.05) is 11.9 Å². The number of benzene rings is 2. The van der Waals surface area contributed by atoms with Gasteiger partial charge in [0, 0.05) is 16.7 Å². The zero-order valence-electron chi connectivity index (χ0n) is 18.7. The first-order valence-corrected chi connectivity index (χ1v) is 11.9. The summed E-state index contributed by atoms with van der Waals surface area (Å²) >= 11 is 0. The molecule has 0 unspecified atom stereocenters. The summed E-state index contributed by atoms with van der Waals surface area (Å²) in [6.45, 7) is 2.55. The number of nitrogens with one attached hydrogen (secondary N) is 2. The Balaban J connectivity index is 1.40. The molecule has 2 N–H and O–H groups in total. The maximum Gasteiger partial charge on any atom is 0.251 e. The standard InChI is InChI=1S/C27H32N2O3/c1-2-32-23-10-8-22(9-11-23)28-26(31)24(29-25(30)21-6-4-3-5-7-21)27-15-18-12-19(16-27)14-20(13-18)17-27/h3-11,18-20,24H,2,12-17H2,1H3,(H,28,31)(H,29,30)/t18?,19?,20?,24-,27?/m0/s1. The third-order valence-electron chi connectivity index (χ3n) is 7.70. The van der Waals surface area contributed by atoms with Gasteiger partial charge in [-0.15, -0.1) is 0 Å². The van der Waals surface area contributed by atoms with E-state index >= 15 is 0 Å². The van der Waals surface area contributed by atoms with Gasteiger partial charge < -0.3 is 15.4 Å². The third-order valence-corrected chi connectivity index (χ3v) is 7.70. The lowest BCUT2D eigenvalue weighted by atomic mass is 9.47. The lowest BCUT2D eigenvalue weighted by Crippen LogP contribution is -2.61. The molecule has 4 saturated carbocycles. The molecule has 4 aliphatic rings. The first-order chi connectivity index (χ1) is 15.5. The minimum absolute atomic E-state index is 0.111. The van der Waals surface area contributed by atoms with E-state index in [1.54, 1.807) is 12.1 Å². The van der Waals surface area contributed by atoms with Crippen molar-refractivity contribution in [3.05, 3.63) is 60.2 Å². The summed E-state index contributed by atoms with van der Waals surface area (Å²) in [4.78, 5) is 26.8. The van der Waals surface area contributed by atoms with Crippen LogP contribution in [0.5, 0.6) is 5.75 Å². The van der Waals surface area contributed by atoms with Crippen LogP contribution in [0.15, 0.2) is 54.6 Å². The molecule has 4 bridgehead atoms. The van der Waals surface area contributed by atoms with E-state index in [9.17, 15) is 9.59 Å². The maximum absolute atomic E-state index is 13.6. The highest BCUT2D eigenvalue weighted by Crippen LogP contribution is 2.61. The number of ether oxygens (including phenoxy) is 1. The molecule has 4 fully saturated rings. The third kappa shape index (κ3) is 4.13. The van der Waals surface area contributed by atoms with Crippen LogP contribution in [0.4, 0.5) is 5.69 Å². The fourth-order valence-electron chi connectivity index (χ4n) is 6.85. The summed E-state index contributed by atoms with van der Waals surface area (Å²) in [7, 11) is 0. The van der Waals surface area contributed by atoms with Crippen molar-refractivity contribution in [2.24, 2.45) is 23.2 Å². The van der Waals surface area contributed by atoms with Crippen LogP contribution in [0.1, 0.15) is 55.8 Å². The summed E-state index contributed by atoms with van der Waals surface area (Å²) in [6.07, 6.45) is 6.98. The normalized spacial score (nSPS) is 28.7. The summed E-state index contributed by atoms with van der Waals surface area (Å²) in [5.41, 5.74) is 1.17. The average Bonchev–Trinajstić information content (AvgIpc) is 2.78. The molecule has 0 saturated heterocycles. The fourth-order valence-corrected chi connectivity index (χ4v) is 6.85. The number of hydrogen-bond acceptors (Lipinski definition) is 3. The molecular formula is C27H32N2O3. The molecule has 0 aromatic heterocycles. The Morgan fingerprint density at radius 1 is 0.938 bits per heavy atom. The molecule has 5 heteroatoms. The van der Waals surface area contributed by atoms with Crippen molar-refractivity contribution >= 4 is 17.5 Å². The van der Waals surface area contributed by atoms with E-state index in [1.165, 1.54) is 19.3 Å². The van der Waals surface area contributed by atoms with E-state index in [-0.39, 0.29) is 17.2 Å². The van der Waals surface area contributed by atoms with E-state index in [4.69, 9.17) is 4.74 Å². The van der Waals surface area contributed by atoms with Crippen molar-refractivity contribution < 1.29 is 14.3 Å². The molecule has 0 radical (unpaired) electrons. The van der Waals surface area contributed by atoms with Gasteiger partial charge in [0.15, 0.2) is 0 Å². The molecule has 6 rings (SSSR count). The van der Waals surface area contributed by atoms with Gasteiger partial charge in [0.2, 0.25) is 5.91 Å². The Kier molecular flexibility index (Phi) is 5.66. The van der Waals surface area contributed by atoms with Crippen LogP contribution in [0.25, 0.3) is 0 Å². The van der Waals surface area contributed by atoms with Gasteiger partial charge in [-0.25, -0.2) is 0 Å². The second kappa shape index (κ2) is 8.61. The maximum atomic E-state index is 13.6. The number of anilines is 1. The van der Waals surface area contributed by atoms with Crippen molar-refractivity contribution in [2.45, 2.75) is 51.5 Å². The predicted octanol–water partition coefficient (Wildman–Crippen LogP) is 5.04. The number of carbonyl (C=O) groups is 2. The first kappa shape index (κ1) is 21.0. The Morgan fingerprint density at radius 2 is 1.53 bits per heavy atom. The number of amides is 2. The molecule has 5 nitrogen and oxygen atoms in total. The fraction of sp³-hybridized carbons (Fsp3) is 0.481. The molecule has 1 atom stereocenters. The van der Waals surface area contributed by atoms with Crippen molar-refractivity contribution in [3.63, 3.8) is 0 Å². The molecule has 4 aliphatic carbocycles. The minimum atomic E-state index is -0.532. The zero-order valence-corrected chi connectivity index (χ0v) is 18.7. The van der Waals surface area contributed by atoms with Gasteiger partial charge in [0.1, 0.15) is 11.8 Å². The Hall–Kier alpha value is -2.82. The van der Waals surface area contributed by atoms with Gasteiger partial charge >= 0.3 is 0 Å². The summed E-state index contributed by atoms with van der Waals surface area (Å²) in [5, 5.41) is 6.25. The van der Waals surface area contributed by atoms with Crippen LogP contribution in [0.3, 0.4) is 0 Å². The predicted molar refractivity (Wildman–Crippen MR) is 125 cm³/mol. The minimum Gasteiger partial charge on any atom is -0.494 e. The largest absolute Gasteiger partial charge is 0.494 e. The van der Waals surface area contributed by atoms with E-state index in [0.29, 0.717) is 29.9 Å². The van der Waals surface area contributed by atoms with Gasteiger partial charge in [0.05, 0.1) is 6.61 Å². The lowest BCUT2D eigenvalue weighted by molar-refractivity contribution is -0.129. The molecule has 2 aromatic carbocycles. The smallest absolute Gasteiger partial charge is 0.251 e. The second-order valence-corrected chi connectivity index (χ2v) is 10.00. The van der Waals surface area contributed by atoms with Gasteiger partial charge in [-0.3, -0.25) is 9.59 Å². The Labute approximate surface area is 189 Å². The molecule has 0 spiro atoms. The molecule has 2 aromatic rings. The number of rotatable bonds is 7. The summed E-state index contributed by atoms with van der Waals surface area (Å²) in [6, 6.07) is 16.1. The Morgan fingerprint density at radius 3 is 2.09 bits per heavy atom. The average molecular weight is 433 g/mol. The van der Waals surface area contributed by atoms with Crippen LogP contribution < -0.4 is 15.4 Å². The monoisotopic (exact) mass is 432 g/mol. The van der Waals surface area contributed by atoms with Crippen LogP contribution in [0, 0.1) is 23.2 Å². The van der Waals surface area contributed by atoms with Crippen LogP contribution in [0.2, 0.25) is 0 Å². The molecule has 0 heterocycles. The van der Waals surface area contributed by atoms with Crippen molar-refractivity contribution in [1.29, 1.82) is 0 Å². The van der Waals surface area contributed by atoms with Gasteiger partial charge in [-0.1, -0.05) is 18.2 Å². The number of hydrogen-bond donors (Lipinski definition) is 2. The molecule has 168 valence electrons.